The van der Waals surface area contributed by atoms with Gasteiger partial charge in [-0.25, -0.2) is 14.4 Å². The number of benzene rings is 4. The molecule has 0 saturated carbocycles. The summed E-state index contributed by atoms with van der Waals surface area (Å²) in [6.07, 6.45) is 8.28. The molecule has 0 saturated heterocycles. The van der Waals surface area contributed by atoms with E-state index in [0.717, 1.165) is 41.5 Å². The van der Waals surface area contributed by atoms with Crippen molar-refractivity contribution in [3.8, 4) is 0 Å². The number of ether oxygens (including phenoxy) is 4. The fourth-order valence-electron chi connectivity index (χ4n) is 10.4. The molecule has 8 unspecified atom stereocenters. The molecule has 0 spiro atoms. The summed E-state index contributed by atoms with van der Waals surface area (Å²) < 4.78 is 25.3. The van der Waals surface area contributed by atoms with Crippen LogP contribution in [0.4, 0.5) is 0 Å². The zero-order valence-corrected chi connectivity index (χ0v) is 57.5. The van der Waals surface area contributed by atoms with Gasteiger partial charge in [-0.2, -0.15) is 0 Å². The summed E-state index contributed by atoms with van der Waals surface area (Å²) in [5.74, 6) is -1.78. The van der Waals surface area contributed by atoms with Crippen LogP contribution >= 0.6 is 0 Å². The number of carbonyl (C=O) groups excluding carboxylic acids is 4. The Morgan fingerprint density at radius 3 is 0.818 bits per heavy atom. The highest BCUT2D eigenvalue weighted by molar-refractivity contribution is 5.81. The first kappa shape index (κ1) is 74.2. The molecule has 4 aromatic carbocycles. The van der Waals surface area contributed by atoms with Crippen LogP contribution in [0.2, 0.25) is 0 Å². The maximum atomic E-state index is 14.7. The van der Waals surface area contributed by atoms with E-state index in [4.69, 9.17) is 33.9 Å². The number of nitrogens with one attached hydrogen (secondary N) is 1. The fraction of sp³-hybridized carbons (Fsp3) is 0.592. The quantitative estimate of drug-likeness (QED) is 0.0266. The Hall–Kier alpha value is -6.27. The van der Waals surface area contributed by atoms with Gasteiger partial charge in [-0.3, -0.25) is 19.8 Å². The minimum Gasteiger partial charge on any atom is -0.464 e. The van der Waals surface area contributed by atoms with Gasteiger partial charge in [0, 0.05) is 24.7 Å². The predicted molar refractivity (Wildman–Crippen MR) is 363 cm³/mol. The largest absolute Gasteiger partial charge is 0.464 e. The van der Waals surface area contributed by atoms with E-state index < -0.39 is 79.9 Å². The van der Waals surface area contributed by atoms with Crippen molar-refractivity contribution in [1.82, 2.24) is 5.32 Å². The highest BCUT2D eigenvalue weighted by Gasteiger charge is 2.42. The second-order valence-electron chi connectivity index (χ2n) is 28.0. The lowest BCUT2D eigenvalue weighted by molar-refractivity contribution is -0.173. The van der Waals surface area contributed by atoms with Crippen molar-refractivity contribution in [3.63, 3.8) is 0 Å². The maximum Gasteiger partial charge on any atom is 0.331 e. The first-order valence-electron chi connectivity index (χ1n) is 32.9. The Kier molecular flexibility index (Phi) is 30.7. The van der Waals surface area contributed by atoms with E-state index in [1.54, 1.807) is 0 Å². The van der Waals surface area contributed by atoms with Gasteiger partial charge in [0.15, 0.2) is 0 Å². The number of nitrogens with zero attached hydrogens (tertiary/aromatic N) is 3. The van der Waals surface area contributed by atoms with Gasteiger partial charge in [-0.05, 0) is 142 Å². The van der Waals surface area contributed by atoms with Crippen molar-refractivity contribution < 1.29 is 38.1 Å². The molecule has 4 aromatic rings. The van der Waals surface area contributed by atoms with Crippen molar-refractivity contribution >= 4 is 42.5 Å². The zero-order valence-electron chi connectivity index (χ0n) is 57.5. The molecule has 0 heterocycles. The number of aliphatic imine (C=N–C) groups is 3. The number of rotatable bonds is 36. The van der Waals surface area contributed by atoms with E-state index in [-0.39, 0.29) is 47.5 Å². The Morgan fingerprint density at radius 2 is 0.591 bits per heavy atom. The van der Waals surface area contributed by atoms with E-state index >= 15 is 0 Å². The maximum absolute atomic E-state index is 14.7. The molecule has 1 N–H and O–H groups in total. The minimum atomic E-state index is -1.61. The van der Waals surface area contributed by atoms with Gasteiger partial charge in [0.1, 0.15) is 56.0 Å². The summed E-state index contributed by atoms with van der Waals surface area (Å²) in [6.45, 7) is 39.1. The first-order chi connectivity index (χ1) is 41.5. The Bertz CT molecular complexity index is 2580. The van der Waals surface area contributed by atoms with Crippen molar-refractivity contribution in [3.05, 3.63) is 142 Å². The molecule has 0 amide bonds. The number of esters is 4. The summed E-state index contributed by atoms with van der Waals surface area (Å²) in [5, 5.41) is 3.53. The Balaban J connectivity index is 1.74. The first-order valence-corrected chi connectivity index (χ1v) is 32.9. The summed E-state index contributed by atoms with van der Waals surface area (Å²) in [6, 6.07) is 30.7. The highest BCUT2D eigenvalue weighted by Crippen LogP contribution is 2.27. The molecule has 0 aliphatic carbocycles. The smallest absolute Gasteiger partial charge is 0.331 e. The molecule has 0 aliphatic rings. The molecular formula is C76H112N4O8. The predicted octanol–water partition coefficient (Wildman–Crippen LogP) is 15.8. The third-order valence-corrected chi connectivity index (χ3v) is 16.4. The van der Waals surface area contributed by atoms with E-state index in [0.29, 0.717) is 30.1 Å². The molecular weight excluding hydrogens is 1100 g/mol. The van der Waals surface area contributed by atoms with Gasteiger partial charge < -0.3 is 24.3 Å². The third-order valence-electron chi connectivity index (χ3n) is 16.4. The summed E-state index contributed by atoms with van der Waals surface area (Å²) in [4.78, 5) is 72.9. The molecule has 484 valence electrons. The Labute approximate surface area is 531 Å². The van der Waals surface area contributed by atoms with Crippen molar-refractivity contribution in [2.75, 3.05) is 26.4 Å². The lowest BCUT2D eigenvalue weighted by atomic mass is 9.91. The summed E-state index contributed by atoms with van der Waals surface area (Å²) in [7, 11) is 0. The van der Waals surface area contributed by atoms with E-state index in [9.17, 15) is 19.2 Å². The average molecular weight is 1210 g/mol. The molecule has 12 heteroatoms. The minimum absolute atomic E-state index is 0.00133. The van der Waals surface area contributed by atoms with Gasteiger partial charge in [0.05, 0.1) is 0 Å². The molecule has 88 heavy (non-hydrogen) atoms. The molecule has 0 aliphatic heterocycles. The third kappa shape index (κ3) is 25.0. The van der Waals surface area contributed by atoms with E-state index in [2.05, 4.69) is 179 Å². The van der Waals surface area contributed by atoms with Gasteiger partial charge in [-0.1, -0.05) is 229 Å². The van der Waals surface area contributed by atoms with Crippen LogP contribution in [0.15, 0.2) is 112 Å². The second-order valence-corrected chi connectivity index (χ2v) is 28.0. The monoisotopic (exact) mass is 1210 g/mol. The van der Waals surface area contributed by atoms with Crippen LogP contribution in [0.1, 0.15) is 207 Å². The molecule has 12 nitrogen and oxygen atoms in total. The van der Waals surface area contributed by atoms with Crippen LogP contribution in [0, 0.1) is 46.8 Å². The number of carbonyl (C=O) groups is 4. The van der Waals surface area contributed by atoms with Crippen LogP contribution in [0.5, 0.6) is 0 Å². The highest BCUT2D eigenvalue weighted by atomic mass is 16.6. The normalized spacial score (nSPS) is 15.8. The second kappa shape index (κ2) is 36.4. The average Bonchev–Trinajstić information content (AvgIpc) is 3.49. The van der Waals surface area contributed by atoms with Crippen molar-refractivity contribution in [2.45, 2.75) is 218 Å². The van der Waals surface area contributed by atoms with Crippen LogP contribution in [0.3, 0.4) is 0 Å². The fourth-order valence-corrected chi connectivity index (χ4v) is 10.4. The van der Waals surface area contributed by atoms with Crippen molar-refractivity contribution in [1.29, 1.82) is 0 Å². The van der Waals surface area contributed by atoms with E-state index in [1.807, 2.05) is 81.0 Å². The lowest BCUT2D eigenvalue weighted by Crippen LogP contribution is -2.50. The topological polar surface area (TPSA) is 154 Å². The zero-order chi connectivity index (χ0) is 65.4. The van der Waals surface area contributed by atoms with Gasteiger partial charge in [-0.15, -0.1) is 0 Å². The van der Waals surface area contributed by atoms with Gasteiger partial charge in [0.2, 0.25) is 0 Å². The van der Waals surface area contributed by atoms with Gasteiger partial charge >= 0.3 is 23.9 Å². The summed E-state index contributed by atoms with van der Waals surface area (Å²) in [5.41, 5.74) is 8.06. The van der Waals surface area contributed by atoms with Crippen LogP contribution in [0.25, 0.3) is 0 Å². The van der Waals surface area contributed by atoms with Crippen LogP contribution < -0.4 is 5.32 Å². The van der Waals surface area contributed by atoms with Crippen LogP contribution in [-0.4, -0.2) is 99.2 Å². The lowest BCUT2D eigenvalue weighted by Gasteiger charge is -2.34. The SMILES string of the molecule is CC(C=NC(C(=O)OCC(COC(=O)C(N=CC(C)Cc1ccc(C(C)C)cc1)C(C)C)(COC(=O)C(N=CC(C)Cc1ccc(C(C)C)cc1)C(C)C)COC(=O)C(NC(C)Cc1ccc(C(C)C)cc1)C(C)C)C(C)C)Cc1ccc(C(C)C)cc1. The molecule has 0 radical (unpaired) electrons. The molecule has 8 atom stereocenters. The van der Waals surface area contributed by atoms with Crippen LogP contribution in [-0.2, 0) is 63.8 Å². The number of hydrogen-bond donors (Lipinski definition) is 1. The molecule has 0 bridgehead atoms. The Morgan fingerprint density at radius 1 is 0.352 bits per heavy atom. The molecule has 4 rings (SSSR count). The molecule has 0 fully saturated rings. The van der Waals surface area contributed by atoms with E-state index in [1.165, 1.54) is 22.3 Å². The standard InChI is InChI=1S/C76H112N4O8/c1-48(2)64-29-21-60(22-30-64)37-56(17)41-77-68(52(9)10)72(81)85-44-76(47-88-75(84)71(55(15)16)80-59(20)40-63-27-35-67(36-28-63)51(7)8,45-86-73(82)69(53(11)12)78-42-57(18)38-61-23-31-65(32-24-61)49(3)4)46-87-74(83)70(54(13)14)79-43-58(19)39-62-25-33-66(34-26-62)50(5)6/h21-36,41-43,48-59,68-71,80H,37-40,44-47H2,1-20H3. The number of hydrogen-bond acceptors (Lipinski definition) is 12. The van der Waals surface area contributed by atoms with Crippen molar-refractivity contribution in [2.24, 2.45) is 61.8 Å². The summed E-state index contributed by atoms with van der Waals surface area (Å²) >= 11 is 0. The van der Waals surface area contributed by atoms with Gasteiger partial charge in [0.25, 0.3) is 0 Å². The molecule has 0 aromatic heterocycles.